The molecule has 2 saturated heterocycles. The molecule has 0 aromatic carbocycles. The van der Waals surface area contributed by atoms with Crippen LogP contribution < -0.4 is 5.32 Å². The number of nitrogens with zero attached hydrogens (tertiary/aromatic N) is 2. The van der Waals surface area contributed by atoms with Gasteiger partial charge in [-0.15, -0.1) is 0 Å². The standard InChI is InChI=1S/C14H27N3O/c1-4-16(3)14(18)10-17(5-2)13-8-11-6-7-12(9-13)15-11/h11-13,15H,4-10H2,1-3H3. The molecular formula is C14H27N3O. The highest BCUT2D eigenvalue weighted by molar-refractivity contribution is 5.77. The molecule has 2 aliphatic rings. The van der Waals surface area contributed by atoms with Crippen LogP contribution in [0.15, 0.2) is 0 Å². The lowest BCUT2D eigenvalue weighted by Crippen LogP contribution is -2.50. The Kier molecular flexibility index (Phi) is 4.62. The van der Waals surface area contributed by atoms with Crippen molar-refractivity contribution >= 4 is 5.91 Å². The second kappa shape index (κ2) is 6.02. The molecule has 2 fully saturated rings. The van der Waals surface area contributed by atoms with E-state index in [1.807, 2.05) is 18.9 Å². The molecule has 0 radical (unpaired) electrons. The first-order valence-corrected chi connectivity index (χ1v) is 7.38. The van der Waals surface area contributed by atoms with Gasteiger partial charge in [0.2, 0.25) is 5.91 Å². The summed E-state index contributed by atoms with van der Waals surface area (Å²) in [7, 11) is 1.89. The van der Waals surface area contributed by atoms with Crippen LogP contribution in [0.2, 0.25) is 0 Å². The molecule has 2 rings (SSSR count). The Morgan fingerprint density at radius 1 is 1.17 bits per heavy atom. The van der Waals surface area contributed by atoms with Crippen molar-refractivity contribution in [2.75, 3.05) is 26.7 Å². The van der Waals surface area contributed by atoms with Gasteiger partial charge in [0.15, 0.2) is 0 Å². The van der Waals surface area contributed by atoms with Crippen LogP contribution in [-0.4, -0.2) is 60.5 Å². The van der Waals surface area contributed by atoms with Crippen molar-refractivity contribution in [3.63, 3.8) is 0 Å². The largest absolute Gasteiger partial charge is 0.345 e. The third kappa shape index (κ3) is 3.04. The third-order valence-electron chi connectivity index (χ3n) is 4.61. The molecule has 1 amide bonds. The molecule has 2 atom stereocenters. The number of hydrogen-bond donors (Lipinski definition) is 1. The quantitative estimate of drug-likeness (QED) is 0.796. The average molecular weight is 253 g/mol. The summed E-state index contributed by atoms with van der Waals surface area (Å²) in [6.45, 7) is 6.56. The number of rotatable bonds is 5. The zero-order valence-corrected chi connectivity index (χ0v) is 12.0. The van der Waals surface area contributed by atoms with Crippen LogP contribution in [0, 0.1) is 0 Å². The smallest absolute Gasteiger partial charge is 0.236 e. The fourth-order valence-electron chi connectivity index (χ4n) is 3.30. The molecule has 104 valence electrons. The van der Waals surface area contributed by atoms with Crippen LogP contribution in [0.5, 0.6) is 0 Å². The van der Waals surface area contributed by atoms with Crippen LogP contribution in [0.1, 0.15) is 39.5 Å². The number of piperidine rings is 1. The summed E-state index contributed by atoms with van der Waals surface area (Å²) in [5.41, 5.74) is 0. The van der Waals surface area contributed by atoms with E-state index in [9.17, 15) is 4.79 Å². The molecule has 4 nitrogen and oxygen atoms in total. The van der Waals surface area contributed by atoms with Crippen molar-refractivity contribution in [3.05, 3.63) is 0 Å². The van der Waals surface area contributed by atoms with Gasteiger partial charge in [-0.2, -0.15) is 0 Å². The summed E-state index contributed by atoms with van der Waals surface area (Å²) < 4.78 is 0. The molecule has 4 heteroatoms. The van der Waals surface area contributed by atoms with Crippen LogP contribution >= 0.6 is 0 Å². The SMILES string of the molecule is CCN(C)C(=O)CN(CC)C1CC2CCC(C1)N2. The van der Waals surface area contributed by atoms with Gasteiger partial charge in [0, 0.05) is 31.7 Å². The van der Waals surface area contributed by atoms with Gasteiger partial charge in [-0.25, -0.2) is 0 Å². The van der Waals surface area contributed by atoms with Crippen LogP contribution in [0.3, 0.4) is 0 Å². The molecular weight excluding hydrogens is 226 g/mol. The Morgan fingerprint density at radius 2 is 1.78 bits per heavy atom. The van der Waals surface area contributed by atoms with E-state index >= 15 is 0 Å². The predicted octanol–water partition coefficient (Wildman–Crippen LogP) is 1.07. The number of hydrogen-bond acceptors (Lipinski definition) is 3. The highest BCUT2D eigenvalue weighted by Crippen LogP contribution is 2.29. The van der Waals surface area contributed by atoms with Gasteiger partial charge in [0.25, 0.3) is 0 Å². The van der Waals surface area contributed by atoms with Crippen molar-refractivity contribution < 1.29 is 4.79 Å². The molecule has 2 heterocycles. The normalized spacial score (nSPS) is 30.8. The minimum Gasteiger partial charge on any atom is -0.345 e. The Labute approximate surface area is 111 Å². The molecule has 1 N–H and O–H groups in total. The zero-order valence-electron chi connectivity index (χ0n) is 12.0. The molecule has 18 heavy (non-hydrogen) atoms. The van der Waals surface area contributed by atoms with E-state index in [-0.39, 0.29) is 5.91 Å². The lowest BCUT2D eigenvalue weighted by molar-refractivity contribution is -0.131. The summed E-state index contributed by atoms with van der Waals surface area (Å²) >= 11 is 0. The monoisotopic (exact) mass is 253 g/mol. The third-order valence-corrected chi connectivity index (χ3v) is 4.61. The number of nitrogens with one attached hydrogen (secondary N) is 1. The van der Waals surface area contributed by atoms with Crippen molar-refractivity contribution in [2.24, 2.45) is 0 Å². The minimum absolute atomic E-state index is 0.255. The number of likely N-dealkylation sites (N-methyl/N-ethyl adjacent to an activating group) is 2. The second-order valence-electron chi connectivity index (χ2n) is 5.73. The van der Waals surface area contributed by atoms with E-state index in [1.165, 1.54) is 25.7 Å². The molecule has 0 spiro atoms. The highest BCUT2D eigenvalue weighted by atomic mass is 16.2. The molecule has 0 aliphatic carbocycles. The number of carbonyl (C=O) groups excluding carboxylic acids is 1. The van der Waals surface area contributed by atoms with E-state index in [4.69, 9.17) is 0 Å². The zero-order chi connectivity index (χ0) is 13.1. The average Bonchev–Trinajstić information content (AvgIpc) is 2.73. The maximum absolute atomic E-state index is 12.0. The van der Waals surface area contributed by atoms with Crippen molar-refractivity contribution in [1.29, 1.82) is 0 Å². The first-order chi connectivity index (χ1) is 8.63. The molecule has 2 aliphatic heterocycles. The fourth-order valence-corrected chi connectivity index (χ4v) is 3.30. The first kappa shape index (κ1) is 13.8. The van der Waals surface area contributed by atoms with Crippen molar-refractivity contribution in [1.82, 2.24) is 15.1 Å². The summed E-state index contributed by atoms with van der Waals surface area (Å²) in [5, 5.41) is 3.66. The number of carbonyl (C=O) groups is 1. The Bertz CT molecular complexity index is 283. The highest BCUT2D eigenvalue weighted by Gasteiger charge is 2.36. The van der Waals surface area contributed by atoms with Gasteiger partial charge in [0.05, 0.1) is 6.54 Å². The van der Waals surface area contributed by atoms with Gasteiger partial charge < -0.3 is 10.2 Å². The molecule has 2 unspecified atom stereocenters. The fraction of sp³-hybridized carbons (Fsp3) is 0.929. The van der Waals surface area contributed by atoms with Crippen LogP contribution in [0.25, 0.3) is 0 Å². The maximum atomic E-state index is 12.0. The predicted molar refractivity (Wildman–Crippen MR) is 73.5 cm³/mol. The topological polar surface area (TPSA) is 35.6 Å². The summed E-state index contributed by atoms with van der Waals surface area (Å²) in [5.74, 6) is 0.255. The van der Waals surface area contributed by atoms with Gasteiger partial charge >= 0.3 is 0 Å². The van der Waals surface area contributed by atoms with Gasteiger partial charge in [-0.3, -0.25) is 9.69 Å². The molecule has 0 saturated carbocycles. The lowest BCUT2D eigenvalue weighted by atomic mass is 9.98. The van der Waals surface area contributed by atoms with E-state index in [1.54, 1.807) is 0 Å². The Balaban J connectivity index is 1.90. The maximum Gasteiger partial charge on any atom is 0.236 e. The molecule has 0 aromatic rings. The van der Waals surface area contributed by atoms with Gasteiger partial charge in [-0.1, -0.05) is 6.92 Å². The first-order valence-electron chi connectivity index (χ1n) is 7.38. The number of fused-ring (bicyclic) bond motifs is 2. The van der Waals surface area contributed by atoms with E-state index in [0.717, 1.165) is 13.1 Å². The van der Waals surface area contributed by atoms with E-state index in [2.05, 4.69) is 17.1 Å². The second-order valence-corrected chi connectivity index (χ2v) is 5.73. The van der Waals surface area contributed by atoms with Crippen molar-refractivity contribution in [3.8, 4) is 0 Å². The Hall–Kier alpha value is -0.610. The van der Waals surface area contributed by atoms with Crippen LogP contribution in [-0.2, 0) is 4.79 Å². The lowest BCUT2D eigenvalue weighted by Gasteiger charge is -2.37. The van der Waals surface area contributed by atoms with Crippen LogP contribution in [0.4, 0.5) is 0 Å². The number of amides is 1. The van der Waals surface area contributed by atoms with E-state index in [0.29, 0.717) is 24.7 Å². The van der Waals surface area contributed by atoms with Gasteiger partial charge in [0.1, 0.15) is 0 Å². The van der Waals surface area contributed by atoms with Gasteiger partial charge in [-0.05, 0) is 39.2 Å². The molecule has 0 aromatic heterocycles. The Morgan fingerprint density at radius 3 is 2.28 bits per heavy atom. The summed E-state index contributed by atoms with van der Waals surface area (Å²) in [6.07, 6.45) is 5.07. The summed E-state index contributed by atoms with van der Waals surface area (Å²) in [6, 6.07) is 1.99. The van der Waals surface area contributed by atoms with Crippen molar-refractivity contribution in [2.45, 2.75) is 57.7 Å². The minimum atomic E-state index is 0.255. The molecule has 2 bridgehead atoms. The van der Waals surface area contributed by atoms with E-state index < -0.39 is 0 Å². The summed E-state index contributed by atoms with van der Waals surface area (Å²) in [4.78, 5) is 16.2.